The zero-order valence-corrected chi connectivity index (χ0v) is 12.2. The van der Waals surface area contributed by atoms with Gasteiger partial charge in [0.25, 0.3) is 0 Å². The maximum Gasteiger partial charge on any atom is 0.209 e. The Hall–Kier alpha value is -1.11. The zero-order chi connectivity index (χ0) is 13.3. The molecule has 0 unspecified atom stereocenters. The number of nitrogens with zero attached hydrogens (tertiary/aromatic N) is 1. The smallest absolute Gasteiger partial charge is 0.209 e. The minimum Gasteiger partial charge on any atom is -0.343 e. The Morgan fingerprint density at radius 1 is 1.28 bits per heavy atom. The summed E-state index contributed by atoms with van der Waals surface area (Å²) in [5, 5.41) is 0. The molecule has 1 aliphatic rings. The Balaban J connectivity index is 2.48. The van der Waals surface area contributed by atoms with Crippen molar-refractivity contribution in [2.24, 2.45) is 0 Å². The van der Waals surface area contributed by atoms with Crippen molar-refractivity contribution in [3.63, 3.8) is 0 Å². The maximum atomic E-state index is 3.96. The van der Waals surface area contributed by atoms with E-state index >= 15 is 0 Å². The highest BCUT2D eigenvalue weighted by Crippen LogP contribution is 2.40. The third kappa shape index (κ3) is 2.00. The molecule has 0 aliphatic carbocycles. The lowest BCUT2D eigenvalue weighted by molar-refractivity contribution is -0.439. The highest BCUT2D eigenvalue weighted by molar-refractivity contribution is 5.93. The lowest BCUT2D eigenvalue weighted by atomic mass is 9.81. The first-order valence-electron chi connectivity index (χ1n) is 7.06. The van der Waals surface area contributed by atoms with Crippen LogP contribution >= 0.6 is 0 Å². The van der Waals surface area contributed by atoms with Crippen LogP contribution in [0.2, 0.25) is 0 Å². The molecule has 0 amide bonds. The van der Waals surface area contributed by atoms with Crippen molar-refractivity contribution in [2.75, 3.05) is 6.54 Å². The second kappa shape index (κ2) is 4.87. The van der Waals surface area contributed by atoms with Gasteiger partial charge >= 0.3 is 0 Å². The molecule has 1 heterocycles. The largest absolute Gasteiger partial charge is 0.343 e. The van der Waals surface area contributed by atoms with Crippen LogP contribution in [0.4, 0.5) is 5.69 Å². The summed E-state index contributed by atoms with van der Waals surface area (Å²) in [6.07, 6.45) is 3.27. The fourth-order valence-electron chi connectivity index (χ4n) is 2.81. The van der Waals surface area contributed by atoms with Crippen LogP contribution < -0.4 is 0 Å². The monoisotopic (exact) mass is 243 g/mol. The predicted molar refractivity (Wildman–Crippen MR) is 78.9 cm³/mol. The molecule has 0 fully saturated rings. The molecule has 0 aromatic heterocycles. The van der Waals surface area contributed by atoms with Crippen molar-refractivity contribution in [2.45, 2.75) is 52.4 Å². The first-order valence-corrected chi connectivity index (χ1v) is 7.06. The van der Waals surface area contributed by atoms with Crippen molar-refractivity contribution < 1.29 is 4.58 Å². The van der Waals surface area contributed by atoms with Gasteiger partial charge < -0.3 is 6.92 Å². The number of benzene rings is 1. The first-order chi connectivity index (χ1) is 8.52. The van der Waals surface area contributed by atoms with Crippen LogP contribution in [0.15, 0.2) is 18.2 Å². The van der Waals surface area contributed by atoms with Crippen molar-refractivity contribution in [3.8, 4) is 0 Å². The van der Waals surface area contributed by atoms with Crippen LogP contribution in [0, 0.1) is 6.92 Å². The van der Waals surface area contributed by atoms with E-state index in [0.717, 1.165) is 25.8 Å². The molecule has 2 rings (SSSR count). The van der Waals surface area contributed by atoms with Gasteiger partial charge in [0.2, 0.25) is 5.69 Å². The average Bonchev–Trinajstić information content (AvgIpc) is 2.56. The van der Waals surface area contributed by atoms with E-state index in [-0.39, 0.29) is 5.41 Å². The quantitative estimate of drug-likeness (QED) is 0.549. The van der Waals surface area contributed by atoms with Crippen molar-refractivity contribution in [1.29, 1.82) is 0 Å². The minimum atomic E-state index is 0.168. The standard InChI is InChI=1S/C17H25N/c1-6-8-11-18-13(3)17(4,5)15-12-14(7-2)9-10-16(15)18/h9-10,12H,1,6-8,11H2,2-5H3. The van der Waals surface area contributed by atoms with Gasteiger partial charge in [-0.2, -0.15) is 11.0 Å². The highest BCUT2D eigenvalue weighted by Gasteiger charge is 2.42. The lowest BCUT2D eigenvalue weighted by Gasteiger charge is -2.15. The van der Waals surface area contributed by atoms with Crippen LogP contribution in [0.3, 0.4) is 0 Å². The minimum absolute atomic E-state index is 0.168. The molecule has 18 heavy (non-hydrogen) atoms. The third-order valence-corrected chi connectivity index (χ3v) is 4.37. The number of aryl methyl sites for hydroxylation is 1. The molecule has 0 spiro atoms. The van der Waals surface area contributed by atoms with E-state index in [1.807, 2.05) is 0 Å². The van der Waals surface area contributed by atoms with Gasteiger partial charge in [-0.05, 0) is 38.3 Å². The first kappa shape index (κ1) is 13.3. The summed E-state index contributed by atoms with van der Waals surface area (Å²) in [7, 11) is 0. The van der Waals surface area contributed by atoms with E-state index in [0.29, 0.717) is 0 Å². The Morgan fingerprint density at radius 2 is 2.00 bits per heavy atom. The van der Waals surface area contributed by atoms with Gasteiger partial charge in [-0.15, -0.1) is 0 Å². The molecule has 98 valence electrons. The predicted octanol–water partition coefficient (Wildman–Crippen LogP) is 4.26. The molecule has 1 heteroatoms. The summed E-state index contributed by atoms with van der Waals surface area (Å²) in [6, 6.07) is 6.96. The van der Waals surface area contributed by atoms with Gasteiger partial charge in [0, 0.05) is 18.6 Å². The van der Waals surface area contributed by atoms with Crippen LogP contribution in [-0.4, -0.2) is 16.8 Å². The summed E-state index contributed by atoms with van der Waals surface area (Å²) in [5.74, 6) is 0. The maximum absolute atomic E-state index is 3.96. The number of unbranched alkanes of at least 4 members (excludes halogenated alkanes) is 1. The van der Waals surface area contributed by atoms with E-state index in [1.54, 1.807) is 0 Å². The van der Waals surface area contributed by atoms with E-state index < -0.39 is 0 Å². The van der Waals surface area contributed by atoms with Crippen molar-refractivity contribution in [3.05, 3.63) is 36.2 Å². The van der Waals surface area contributed by atoms with Gasteiger partial charge in [-0.1, -0.05) is 13.0 Å². The summed E-state index contributed by atoms with van der Waals surface area (Å²) < 4.78 is 2.49. The van der Waals surface area contributed by atoms with Crippen LogP contribution in [0.1, 0.15) is 51.7 Å². The summed E-state index contributed by atoms with van der Waals surface area (Å²) in [5.41, 5.74) is 5.97. The molecule has 0 N–H and O–H groups in total. The average molecular weight is 243 g/mol. The highest BCUT2D eigenvalue weighted by atomic mass is 15.1. The molecule has 1 aromatic rings. The molecule has 0 bridgehead atoms. The lowest BCUT2D eigenvalue weighted by Crippen LogP contribution is -2.26. The fraction of sp³-hybridized carbons (Fsp3) is 0.529. The van der Waals surface area contributed by atoms with Crippen molar-refractivity contribution in [1.82, 2.24) is 0 Å². The van der Waals surface area contributed by atoms with E-state index in [2.05, 4.69) is 57.4 Å². The SMILES string of the molecule is [CH2-]CCC[N+]1=C(C)C(C)(C)c2cc(CC)ccc21. The summed E-state index contributed by atoms with van der Waals surface area (Å²) >= 11 is 0. The Kier molecular flexibility index (Phi) is 3.61. The molecule has 1 aromatic carbocycles. The molecular formula is C17H25N. The Morgan fingerprint density at radius 3 is 2.61 bits per heavy atom. The van der Waals surface area contributed by atoms with Crippen LogP contribution in [-0.2, 0) is 11.8 Å². The van der Waals surface area contributed by atoms with E-state index in [4.69, 9.17) is 0 Å². The molecule has 1 aliphatic heterocycles. The van der Waals surface area contributed by atoms with Gasteiger partial charge in [0.1, 0.15) is 6.54 Å². The normalized spacial score (nSPS) is 17.2. The fourth-order valence-corrected chi connectivity index (χ4v) is 2.81. The van der Waals surface area contributed by atoms with Gasteiger partial charge in [0.05, 0.1) is 5.41 Å². The Bertz CT molecular complexity index is 480. The number of hydrogen-bond acceptors (Lipinski definition) is 0. The van der Waals surface area contributed by atoms with E-state index in [9.17, 15) is 0 Å². The third-order valence-electron chi connectivity index (χ3n) is 4.37. The second-order valence-corrected chi connectivity index (χ2v) is 5.77. The Labute approximate surface area is 112 Å². The molecule has 0 radical (unpaired) electrons. The van der Waals surface area contributed by atoms with Gasteiger partial charge in [-0.25, -0.2) is 0 Å². The second-order valence-electron chi connectivity index (χ2n) is 5.77. The summed E-state index contributed by atoms with van der Waals surface area (Å²) in [6.45, 7) is 14.2. The van der Waals surface area contributed by atoms with Gasteiger partial charge in [-0.3, -0.25) is 0 Å². The van der Waals surface area contributed by atoms with Crippen molar-refractivity contribution >= 4 is 11.4 Å². The van der Waals surface area contributed by atoms with Crippen LogP contribution in [0.5, 0.6) is 0 Å². The number of hydrogen-bond donors (Lipinski definition) is 0. The van der Waals surface area contributed by atoms with E-state index in [1.165, 1.54) is 22.5 Å². The zero-order valence-electron chi connectivity index (χ0n) is 12.2. The topological polar surface area (TPSA) is 3.01 Å². The molecule has 0 saturated carbocycles. The summed E-state index contributed by atoms with van der Waals surface area (Å²) in [4.78, 5) is 0. The molecule has 0 saturated heterocycles. The molecule has 1 nitrogen and oxygen atoms in total. The molecular weight excluding hydrogens is 218 g/mol. The van der Waals surface area contributed by atoms with Crippen LogP contribution in [0.25, 0.3) is 0 Å². The number of fused-ring (bicyclic) bond motifs is 1. The molecule has 0 atom stereocenters. The number of rotatable bonds is 4. The van der Waals surface area contributed by atoms with Gasteiger partial charge in [0.15, 0.2) is 5.71 Å².